The number of hydrogen-bond acceptors (Lipinski definition) is 3. The molecule has 0 aliphatic carbocycles. The Bertz CT molecular complexity index is 665. The highest BCUT2D eigenvalue weighted by molar-refractivity contribution is 5.79. The number of hydrogen-bond donors (Lipinski definition) is 0. The third-order valence-electron chi connectivity index (χ3n) is 3.94. The van der Waals surface area contributed by atoms with Crippen LogP contribution < -0.4 is 0 Å². The van der Waals surface area contributed by atoms with Crippen LogP contribution in [0.2, 0.25) is 0 Å². The van der Waals surface area contributed by atoms with E-state index in [0.717, 1.165) is 16.7 Å². The monoisotopic (exact) mass is 325 g/mol. The Labute approximate surface area is 143 Å². The van der Waals surface area contributed by atoms with Crippen molar-refractivity contribution in [3.05, 3.63) is 60.2 Å². The summed E-state index contributed by atoms with van der Waals surface area (Å²) in [7, 11) is 3.13. The van der Waals surface area contributed by atoms with E-state index >= 15 is 0 Å². The molecule has 0 aliphatic heterocycles. The maximum Gasteiger partial charge on any atom is 0.305 e. The quantitative estimate of drug-likeness (QED) is 0.734. The molecule has 2 aromatic carbocycles. The van der Waals surface area contributed by atoms with Gasteiger partial charge < -0.3 is 9.64 Å². The van der Waals surface area contributed by atoms with Gasteiger partial charge in [-0.2, -0.15) is 0 Å². The molecule has 0 atom stereocenters. The first-order valence-electron chi connectivity index (χ1n) is 8.05. The molecular formula is C20H23NO3. The number of esters is 1. The van der Waals surface area contributed by atoms with E-state index < -0.39 is 0 Å². The second-order valence-electron chi connectivity index (χ2n) is 5.73. The summed E-state index contributed by atoms with van der Waals surface area (Å²) in [6.45, 7) is 0.552. The molecule has 1 amide bonds. The number of carbonyl (C=O) groups is 2. The molecule has 0 unspecified atom stereocenters. The summed E-state index contributed by atoms with van der Waals surface area (Å²) in [4.78, 5) is 25.0. The highest BCUT2D eigenvalue weighted by Crippen LogP contribution is 2.19. The van der Waals surface area contributed by atoms with E-state index in [4.69, 9.17) is 0 Å². The van der Waals surface area contributed by atoms with Crippen LogP contribution in [0.1, 0.15) is 18.4 Å². The first-order chi connectivity index (χ1) is 11.6. The zero-order valence-electron chi connectivity index (χ0n) is 14.2. The molecule has 0 heterocycles. The lowest BCUT2D eigenvalue weighted by molar-refractivity contribution is -0.141. The molecule has 2 rings (SSSR count). The molecule has 0 aliphatic rings. The second-order valence-corrected chi connectivity index (χ2v) is 5.73. The average Bonchev–Trinajstić information content (AvgIpc) is 2.62. The van der Waals surface area contributed by atoms with Gasteiger partial charge in [-0.05, 0) is 23.1 Å². The fourth-order valence-corrected chi connectivity index (χ4v) is 2.44. The van der Waals surface area contributed by atoms with Crippen molar-refractivity contribution in [2.45, 2.75) is 19.3 Å². The third-order valence-corrected chi connectivity index (χ3v) is 3.94. The van der Waals surface area contributed by atoms with Crippen LogP contribution in [0.4, 0.5) is 0 Å². The Hall–Kier alpha value is -2.62. The molecule has 0 spiro atoms. The minimum Gasteiger partial charge on any atom is -0.469 e. The number of rotatable bonds is 7. The lowest BCUT2D eigenvalue weighted by atomic mass is 10.0. The maximum atomic E-state index is 12.2. The molecule has 0 N–H and O–H groups in total. The fourth-order valence-electron chi connectivity index (χ4n) is 2.44. The Morgan fingerprint density at radius 3 is 2.21 bits per heavy atom. The van der Waals surface area contributed by atoms with E-state index in [2.05, 4.69) is 16.9 Å². The third kappa shape index (κ3) is 5.23. The van der Waals surface area contributed by atoms with Crippen LogP contribution in [0, 0.1) is 0 Å². The number of likely N-dealkylation sites (N-methyl/N-ethyl adjacent to an activating group) is 1. The minimum absolute atomic E-state index is 0.0485. The summed E-state index contributed by atoms with van der Waals surface area (Å²) in [5, 5.41) is 0. The van der Waals surface area contributed by atoms with Gasteiger partial charge in [-0.15, -0.1) is 0 Å². The summed E-state index contributed by atoms with van der Waals surface area (Å²) in [5.74, 6) is -0.195. The Morgan fingerprint density at radius 2 is 1.58 bits per heavy atom. The molecule has 0 aromatic heterocycles. The van der Waals surface area contributed by atoms with Crippen LogP contribution in [-0.2, 0) is 20.7 Å². The van der Waals surface area contributed by atoms with Gasteiger partial charge in [0.2, 0.25) is 5.91 Å². The zero-order chi connectivity index (χ0) is 17.4. The predicted molar refractivity (Wildman–Crippen MR) is 94.5 cm³/mol. The van der Waals surface area contributed by atoms with Crippen molar-refractivity contribution >= 4 is 11.9 Å². The van der Waals surface area contributed by atoms with Crippen molar-refractivity contribution in [1.82, 2.24) is 4.90 Å². The second kappa shape index (κ2) is 8.87. The average molecular weight is 325 g/mol. The van der Waals surface area contributed by atoms with E-state index in [9.17, 15) is 9.59 Å². The van der Waals surface area contributed by atoms with Gasteiger partial charge in [-0.1, -0.05) is 54.6 Å². The van der Waals surface area contributed by atoms with Crippen LogP contribution in [-0.4, -0.2) is 37.5 Å². The molecule has 0 radical (unpaired) electrons. The van der Waals surface area contributed by atoms with E-state index in [0.29, 0.717) is 25.8 Å². The molecule has 126 valence electrons. The number of amides is 1. The number of benzene rings is 2. The predicted octanol–water partition coefficient (Wildman–Crippen LogP) is 3.31. The van der Waals surface area contributed by atoms with Gasteiger partial charge in [0, 0.05) is 20.0 Å². The van der Waals surface area contributed by atoms with E-state index in [1.165, 1.54) is 7.11 Å². The van der Waals surface area contributed by atoms with Gasteiger partial charge in [0.05, 0.1) is 13.5 Å². The number of carbonyl (C=O) groups excluding carboxylic acids is 2. The highest BCUT2D eigenvalue weighted by Gasteiger charge is 2.10. The first kappa shape index (κ1) is 17.7. The van der Waals surface area contributed by atoms with Gasteiger partial charge in [0.15, 0.2) is 0 Å². The number of nitrogens with zero attached hydrogens (tertiary/aromatic N) is 1. The molecular weight excluding hydrogens is 302 g/mol. The van der Waals surface area contributed by atoms with Crippen LogP contribution >= 0.6 is 0 Å². The smallest absolute Gasteiger partial charge is 0.305 e. The highest BCUT2D eigenvalue weighted by atomic mass is 16.5. The maximum absolute atomic E-state index is 12.2. The van der Waals surface area contributed by atoms with Gasteiger partial charge in [0.1, 0.15) is 0 Å². The summed E-state index contributed by atoms with van der Waals surface area (Å²) < 4.78 is 4.59. The van der Waals surface area contributed by atoms with Gasteiger partial charge in [-0.25, -0.2) is 0 Å². The van der Waals surface area contributed by atoms with E-state index in [1.54, 1.807) is 11.9 Å². The molecule has 4 heteroatoms. The summed E-state index contributed by atoms with van der Waals surface area (Å²) >= 11 is 0. The normalized spacial score (nSPS) is 10.2. The Kier molecular flexibility index (Phi) is 6.55. The summed E-state index contributed by atoms with van der Waals surface area (Å²) in [5.41, 5.74) is 3.29. The van der Waals surface area contributed by atoms with Crippen LogP contribution in [0.3, 0.4) is 0 Å². The molecule has 0 bridgehead atoms. The molecule has 4 nitrogen and oxygen atoms in total. The van der Waals surface area contributed by atoms with Gasteiger partial charge in [-0.3, -0.25) is 9.59 Å². The van der Waals surface area contributed by atoms with Crippen molar-refractivity contribution in [2.24, 2.45) is 0 Å². The van der Waals surface area contributed by atoms with Crippen LogP contribution in [0.25, 0.3) is 11.1 Å². The SMILES string of the molecule is COC(=O)CCCN(C)C(=O)Cc1ccc(-c2ccccc2)cc1. The molecule has 0 saturated carbocycles. The van der Waals surface area contributed by atoms with Crippen molar-refractivity contribution < 1.29 is 14.3 Å². The topological polar surface area (TPSA) is 46.6 Å². The van der Waals surface area contributed by atoms with Crippen molar-refractivity contribution in [3.8, 4) is 11.1 Å². The lowest BCUT2D eigenvalue weighted by Gasteiger charge is -2.17. The molecule has 24 heavy (non-hydrogen) atoms. The molecule has 2 aromatic rings. The summed E-state index contributed by atoms with van der Waals surface area (Å²) in [6.07, 6.45) is 1.31. The molecule has 0 fully saturated rings. The first-order valence-corrected chi connectivity index (χ1v) is 8.05. The van der Waals surface area contributed by atoms with Crippen molar-refractivity contribution in [2.75, 3.05) is 20.7 Å². The van der Waals surface area contributed by atoms with Gasteiger partial charge >= 0.3 is 5.97 Å². The standard InChI is InChI=1S/C20H23NO3/c1-21(14-6-9-20(23)24-2)19(22)15-16-10-12-18(13-11-16)17-7-4-3-5-8-17/h3-5,7-8,10-13H,6,9,14-15H2,1-2H3. The van der Waals surface area contributed by atoms with Crippen LogP contribution in [0.5, 0.6) is 0 Å². The number of methoxy groups -OCH3 is 1. The molecule has 0 saturated heterocycles. The van der Waals surface area contributed by atoms with Crippen molar-refractivity contribution in [3.63, 3.8) is 0 Å². The largest absolute Gasteiger partial charge is 0.469 e. The lowest BCUT2D eigenvalue weighted by Crippen LogP contribution is -2.29. The number of ether oxygens (including phenoxy) is 1. The van der Waals surface area contributed by atoms with E-state index in [-0.39, 0.29) is 11.9 Å². The summed E-state index contributed by atoms with van der Waals surface area (Å²) in [6, 6.07) is 18.2. The zero-order valence-corrected chi connectivity index (χ0v) is 14.2. The Balaban J connectivity index is 1.86. The fraction of sp³-hybridized carbons (Fsp3) is 0.300. The van der Waals surface area contributed by atoms with E-state index in [1.807, 2.05) is 42.5 Å². The van der Waals surface area contributed by atoms with Crippen molar-refractivity contribution in [1.29, 1.82) is 0 Å². The minimum atomic E-state index is -0.243. The Morgan fingerprint density at radius 1 is 0.958 bits per heavy atom. The van der Waals surface area contributed by atoms with Crippen LogP contribution in [0.15, 0.2) is 54.6 Å². The van der Waals surface area contributed by atoms with Gasteiger partial charge in [0.25, 0.3) is 0 Å².